The van der Waals surface area contributed by atoms with Crippen LogP contribution in [0.4, 0.5) is 0 Å². The average Bonchev–Trinajstić information content (AvgIpc) is 2.81. The molecular weight excluding hydrogens is 220 g/mol. The molecule has 0 N–H and O–H groups in total. The molecule has 0 radical (unpaired) electrons. The van der Waals surface area contributed by atoms with Crippen LogP contribution in [0.1, 0.15) is 33.5 Å². The van der Waals surface area contributed by atoms with Gasteiger partial charge in [-0.3, -0.25) is 4.79 Å². The van der Waals surface area contributed by atoms with Crippen molar-refractivity contribution in [1.29, 1.82) is 0 Å². The lowest BCUT2D eigenvalue weighted by atomic mass is 10.1. The van der Waals surface area contributed by atoms with Crippen molar-refractivity contribution in [2.45, 2.75) is 20.3 Å². The number of hydrogen-bond donors (Lipinski definition) is 0. The molecule has 0 atom stereocenters. The summed E-state index contributed by atoms with van der Waals surface area (Å²) in [5.74, 6) is 0.0462. The fraction of sp³-hybridized carbons (Fsp3) is 0.250. The van der Waals surface area contributed by atoms with Gasteiger partial charge in [-0.15, -0.1) is 11.3 Å². The Bertz CT molecular complexity index is 506. The maximum atomic E-state index is 12.2. The van der Waals surface area contributed by atoms with Gasteiger partial charge in [-0.05, 0) is 30.9 Å². The SMILES string of the molecule is CCc1nnc(C)cc1C(=O)c1cccs1. The van der Waals surface area contributed by atoms with Gasteiger partial charge in [0.25, 0.3) is 0 Å². The Balaban J connectivity index is 2.47. The highest BCUT2D eigenvalue weighted by atomic mass is 32.1. The summed E-state index contributed by atoms with van der Waals surface area (Å²) in [6.07, 6.45) is 0.722. The second kappa shape index (κ2) is 4.53. The average molecular weight is 232 g/mol. The third-order valence-corrected chi connectivity index (χ3v) is 3.19. The molecule has 0 spiro atoms. The van der Waals surface area contributed by atoms with Gasteiger partial charge < -0.3 is 0 Å². The highest BCUT2D eigenvalue weighted by Crippen LogP contribution is 2.17. The molecule has 0 fully saturated rings. The number of hydrogen-bond acceptors (Lipinski definition) is 4. The third-order valence-electron chi connectivity index (χ3n) is 2.32. The molecule has 0 bridgehead atoms. The van der Waals surface area contributed by atoms with Crippen LogP contribution in [0.5, 0.6) is 0 Å². The first kappa shape index (κ1) is 11.0. The number of ketones is 1. The van der Waals surface area contributed by atoms with E-state index in [4.69, 9.17) is 0 Å². The molecule has 82 valence electrons. The lowest BCUT2D eigenvalue weighted by Gasteiger charge is -2.04. The molecule has 0 saturated carbocycles. The van der Waals surface area contributed by atoms with Crippen LogP contribution in [0.3, 0.4) is 0 Å². The summed E-state index contributed by atoms with van der Waals surface area (Å²) in [6.45, 7) is 3.82. The molecule has 0 aliphatic heterocycles. The van der Waals surface area contributed by atoms with Gasteiger partial charge in [-0.1, -0.05) is 13.0 Å². The minimum absolute atomic E-state index is 0.0462. The van der Waals surface area contributed by atoms with Crippen LogP contribution in [-0.4, -0.2) is 16.0 Å². The van der Waals surface area contributed by atoms with Gasteiger partial charge in [-0.25, -0.2) is 0 Å². The number of carbonyl (C=O) groups excluding carboxylic acids is 1. The highest BCUT2D eigenvalue weighted by molar-refractivity contribution is 7.12. The van der Waals surface area contributed by atoms with E-state index in [-0.39, 0.29) is 5.78 Å². The van der Waals surface area contributed by atoms with E-state index in [9.17, 15) is 4.79 Å². The van der Waals surface area contributed by atoms with Gasteiger partial charge in [0.1, 0.15) is 0 Å². The van der Waals surface area contributed by atoms with E-state index in [1.54, 1.807) is 0 Å². The minimum atomic E-state index is 0.0462. The summed E-state index contributed by atoms with van der Waals surface area (Å²) >= 11 is 1.45. The fourth-order valence-electron chi connectivity index (χ4n) is 1.51. The summed E-state index contributed by atoms with van der Waals surface area (Å²) in [5.41, 5.74) is 2.22. The van der Waals surface area contributed by atoms with Crippen molar-refractivity contribution in [3.05, 3.63) is 45.4 Å². The van der Waals surface area contributed by atoms with Crippen LogP contribution < -0.4 is 0 Å². The van der Waals surface area contributed by atoms with Gasteiger partial charge in [0.05, 0.1) is 16.3 Å². The smallest absolute Gasteiger partial charge is 0.204 e. The van der Waals surface area contributed by atoms with Crippen LogP contribution in [0.25, 0.3) is 0 Å². The van der Waals surface area contributed by atoms with E-state index in [0.29, 0.717) is 5.56 Å². The van der Waals surface area contributed by atoms with Crippen molar-refractivity contribution in [2.24, 2.45) is 0 Å². The predicted octanol–water partition coefficient (Wildman–Crippen LogP) is 2.64. The Kier molecular flexibility index (Phi) is 3.10. The van der Waals surface area contributed by atoms with E-state index in [0.717, 1.165) is 22.7 Å². The quantitative estimate of drug-likeness (QED) is 0.764. The standard InChI is InChI=1S/C12H12N2OS/c1-3-10-9(7-8(2)13-14-10)12(15)11-5-4-6-16-11/h4-7H,3H2,1-2H3. The molecule has 4 heteroatoms. The third kappa shape index (κ3) is 2.02. The Hall–Kier alpha value is -1.55. The minimum Gasteiger partial charge on any atom is -0.288 e. The van der Waals surface area contributed by atoms with Crippen LogP contribution in [0.2, 0.25) is 0 Å². The summed E-state index contributed by atoms with van der Waals surface area (Å²) in [5, 5.41) is 9.94. The zero-order valence-corrected chi connectivity index (χ0v) is 10.0. The van der Waals surface area contributed by atoms with E-state index < -0.39 is 0 Å². The molecule has 0 unspecified atom stereocenters. The van der Waals surface area contributed by atoms with Crippen LogP contribution in [0, 0.1) is 6.92 Å². The predicted molar refractivity (Wildman–Crippen MR) is 63.9 cm³/mol. The molecule has 0 aromatic carbocycles. The number of aromatic nitrogens is 2. The number of carbonyl (C=O) groups is 1. The van der Waals surface area contributed by atoms with E-state index in [1.807, 2.05) is 37.4 Å². The molecule has 0 saturated heterocycles. The molecule has 0 amide bonds. The van der Waals surface area contributed by atoms with E-state index in [2.05, 4.69) is 10.2 Å². The maximum absolute atomic E-state index is 12.2. The van der Waals surface area contributed by atoms with Crippen molar-refractivity contribution in [1.82, 2.24) is 10.2 Å². The van der Waals surface area contributed by atoms with Crippen LogP contribution in [0.15, 0.2) is 23.6 Å². The number of rotatable bonds is 3. The van der Waals surface area contributed by atoms with Crippen molar-refractivity contribution >= 4 is 17.1 Å². The van der Waals surface area contributed by atoms with Crippen molar-refractivity contribution in [3.63, 3.8) is 0 Å². The van der Waals surface area contributed by atoms with Gasteiger partial charge in [-0.2, -0.15) is 10.2 Å². The summed E-state index contributed by atoms with van der Waals surface area (Å²) < 4.78 is 0. The largest absolute Gasteiger partial charge is 0.288 e. The normalized spacial score (nSPS) is 10.4. The van der Waals surface area contributed by atoms with Crippen LogP contribution in [-0.2, 0) is 6.42 Å². The van der Waals surface area contributed by atoms with Crippen molar-refractivity contribution < 1.29 is 4.79 Å². The Morgan fingerprint density at radius 3 is 2.88 bits per heavy atom. The Morgan fingerprint density at radius 1 is 1.44 bits per heavy atom. The van der Waals surface area contributed by atoms with Crippen molar-refractivity contribution in [3.8, 4) is 0 Å². The topological polar surface area (TPSA) is 42.9 Å². The Morgan fingerprint density at radius 2 is 2.25 bits per heavy atom. The summed E-state index contributed by atoms with van der Waals surface area (Å²) in [6, 6.07) is 5.53. The summed E-state index contributed by atoms with van der Waals surface area (Å²) in [7, 11) is 0. The number of nitrogens with zero attached hydrogens (tertiary/aromatic N) is 2. The molecule has 0 aliphatic rings. The second-order valence-electron chi connectivity index (χ2n) is 3.51. The summed E-state index contributed by atoms with van der Waals surface area (Å²) in [4.78, 5) is 12.9. The van der Waals surface area contributed by atoms with Gasteiger partial charge in [0.2, 0.25) is 5.78 Å². The lowest BCUT2D eigenvalue weighted by Crippen LogP contribution is -2.07. The zero-order chi connectivity index (χ0) is 11.5. The Labute approximate surface area is 98.2 Å². The molecule has 2 aromatic heterocycles. The van der Waals surface area contributed by atoms with Gasteiger partial charge in [0.15, 0.2) is 0 Å². The van der Waals surface area contributed by atoms with Gasteiger partial charge >= 0.3 is 0 Å². The molecule has 2 heterocycles. The molecule has 16 heavy (non-hydrogen) atoms. The second-order valence-corrected chi connectivity index (χ2v) is 4.45. The van der Waals surface area contributed by atoms with Gasteiger partial charge in [0, 0.05) is 5.56 Å². The number of thiophene rings is 1. The molecule has 3 nitrogen and oxygen atoms in total. The van der Waals surface area contributed by atoms with E-state index in [1.165, 1.54) is 11.3 Å². The fourth-order valence-corrected chi connectivity index (χ4v) is 2.19. The van der Waals surface area contributed by atoms with E-state index >= 15 is 0 Å². The van der Waals surface area contributed by atoms with Crippen LogP contribution >= 0.6 is 11.3 Å². The first-order chi connectivity index (χ1) is 7.72. The zero-order valence-electron chi connectivity index (χ0n) is 9.23. The molecule has 0 aliphatic carbocycles. The monoisotopic (exact) mass is 232 g/mol. The van der Waals surface area contributed by atoms with Crippen molar-refractivity contribution in [2.75, 3.05) is 0 Å². The molecular formula is C12H12N2OS. The molecule has 2 aromatic rings. The number of aryl methyl sites for hydroxylation is 2. The highest BCUT2D eigenvalue weighted by Gasteiger charge is 2.15. The lowest BCUT2D eigenvalue weighted by molar-refractivity contribution is 0.104. The molecule has 2 rings (SSSR count). The first-order valence-corrected chi connectivity index (χ1v) is 6.01. The maximum Gasteiger partial charge on any atom is 0.204 e. The first-order valence-electron chi connectivity index (χ1n) is 5.13.